The van der Waals surface area contributed by atoms with Crippen LogP contribution in [0.2, 0.25) is 5.02 Å². The van der Waals surface area contributed by atoms with Crippen LogP contribution in [-0.2, 0) is 0 Å². The van der Waals surface area contributed by atoms with Gasteiger partial charge in [0.1, 0.15) is 5.75 Å². The second kappa shape index (κ2) is 7.98. The average molecular weight is 375 g/mol. The lowest BCUT2D eigenvalue weighted by molar-refractivity contribution is -0.880. The van der Waals surface area contributed by atoms with Gasteiger partial charge in [-0.25, -0.2) is 0 Å². The van der Waals surface area contributed by atoms with Gasteiger partial charge in [0.05, 0.1) is 56.6 Å². The van der Waals surface area contributed by atoms with Crippen LogP contribution in [0, 0.1) is 6.92 Å². The first-order valence-corrected chi connectivity index (χ1v) is 9.18. The van der Waals surface area contributed by atoms with Gasteiger partial charge < -0.3 is 19.9 Å². The Hall–Kier alpha value is -2.24. The Morgan fingerprint density at radius 3 is 2.62 bits per heavy atom. The molecule has 0 unspecified atom stereocenters. The highest BCUT2D eigenvalue weighted by molar-refractivity contribution is 6.33. The number of ether oxygens (including phenoxy) is 1. The van der Waals surface area contributed by atoms with Crippen LogP contribution < -0.4 is 19.9 Å². The molecule has 0 atom stereocenters. The average Bonchev–Trinajstić information content (AvgIpc) is 2.62. The molecule has 1 amide bonds. The van der Waals surface area contributed by atoms with Crippen molar-refractivity contribution in [1.29, 1.82) is 0 Å². The number of methoxy groups -OCH3 is 1. The van der Waals surface area contributed by atoms with Gasteiger partial charge in [-0.1, -0.05) is 23.7 Å². The maximum absolute atomic E-state index is 12.6. The fourth-order valence-electron chi connectivity index (χ4n) is 3.27. The minimum Gasteiger partial charge on any atom is -0.496 e. The molecule has 0 aliphatic carbocycles. The molecule has 138 valence electrons. The molecule has 2 aromatic rings. The topological polar surface area (TPSA) is 46.0 Å². The van der Waals surface area contributed by atoms with Gasteiger partial charge in [0, 0.05) is 5.69 Å². The number of likely N-dealkylation sites (N-methyl/N-ethyl adjacent to an activating group) is 1. The van der Waals surface area contributed by atoms with Gasteiger partial charge in [-0.2, -0.15) is 0 Å². The number of hydrogen-bond acceptors (Lipinski definition) is 3. The molecule has 1 aliphatic rings. The van der Waals surface area contributed by atoms with E-state index in [0.29, 0.717) is 22.0 Å². The third-order valence-electron chi connectivity index (χ3n) is 4.82. The Morgan fingerprint density at radius 1 is 1.23 bits per heavy atom. The van der Waals surface area contributed by atoms with E-state index in [2.05, 4.69) is 17.3 Å². The van der Waals surface area contributed by atoms with Gasteiger partial charge in [0.15, 0.2) is 0 Å². The maximum Gasteiger partial charge on any atom is 0.259 e. The highest BCUT2D eigenvalue weighted by Gasteiger charge is 2.20. The molecule has 0 spiro atoms. The van der Waals surface area contributed by atoms with E-state index in [1.807, 2.05) is 37.3 Å². The quantitative estimate of drug-likeness (QED) is 0.862. The third kappa shape index (κ3) is 3.94. The van der Waals surface area contributed by atoms with Crippen molar-refractivity contribution in [2.75, 3.05) is 50.6 Å². The number of anilines is 2. The number of carbonyl (C=O) groups excluding carboxylic acids is 1. The van der Waals surface area contributed by atoms with Crippen molar-refractivity contribution in [3.05, 3.63) is 52.5 Å². The summed E-state index contributed by atoms with van der Waals surface area (Å²) in [7, 11) is 3.78. The molecule has 2 aromatic carbocycles. The van der Waals surface area contributed by atoms with Crippen molar-refractivity contribution >= 4 is 28.9 Å². The molecule has 0 aromatic heterocycles. The summed E-state index contributed by atoms with van der Waals surface area (Å²) >= 11 is 6.49. The zero-order chi connectivity index (χ0) is 18.7. The summed E-state index contributed by atoms with van der Waals surface area (Å²) in [5, 5.41) is 3.56. The molecule has 1 saturated heterocycles. The summed E-state index contributed by atoms with van der Waals surface area (Å²) in [5.74, 6) is 0.380. The van der Waals surface area contributed by atoms with E-state index in [0.717, 1.165) is 37.4 Å². The van der Waals surface area contributed by atoms with E-state index in [9.17, 15) is 4.79 Å². The van der Waals surface area contributed by atoms with Crippen molar-refractivity contribution in [2.24, 2.45) is 0 Å². The standard InChI is InChI=1S/C20H24ClN3O2/c1-14-5-4-6-16(19(14)26-3)20(25)22-15-7-8-18(17(21)13-15)24-11-9-23(2)10-12-24/h4-8,13H,9-12H2,1-3H3,(H,22,25)/p+1. The van der Waals surface area contributed by atoms with E-state index >= 15 is 0 Å². The highest BCUT2D eigenvalue weighted by Crippen LogP contribution is 2.30. The molecule has 0 saturated carbocycles. The second-order valence-corrected chi connectivity index (χ2v) is 7.13. The molecule has 5 nitrogen and oxygen atoms in total. The van der Waals surface area contributed by atoms with Crippen LogP contribution in [0.15, 0.2) is 36.4 Å². The number of nitrogens with one attached hydrogen (secondary N) is 2. The predicted molar refractivity (Wildman–Crippen MR) is 106 cm³/mol. The van der Waals surface area contributed by atoms with Crippen molar-refractivity contribution in [3.63, 3.8) is 0 Å². The third-order valence-corrected chi connectivity index (χ3v) is 5.13. The van der Waals surface area contributed by atoms with Gasteiger partial charge in [-0.05, 0) is 36.8 Å². The number of amides is 1. The van der Waals surface area contributed by atoms with E-state index in [1.54, 1.807) is 13.2 Å². The molecule has 2 N–H and O–H groups in total. The minimum absolute atomic E-state index is 0.211. The lowest BCUT2D eigenvalue weighted by atomic mass is 10.1. The fraction of sp³-hybridized carbons (Fsp3) is 0.350. The summed E-state index contributed by atoms with van der Waals surface area (Å²) in [6, 6.07) is 11.2. The van der Waals surface area contributed by atoms with E-state index < -0.39 is 0 Å². The zero-order valence-corrected chi connectivity index (χ0v) is 16.2. The summed E-state index contributed by atoms with van der Waals surface area (Å²) in [6.45, 7) is 6.08. The zero-order valence-electron chi connectivity index (χ0n) is 15.4. The van der Waals surface area contributed by atoms with Crippen molar-refractivity contribution < 1.29 is 14.4 Å². The Bertz CT molecular complexity index is 802. The van der Waals surface area contributed by atoms with Crippen molar-refractivity contribution in [1.82, 2.24) is 0 Å². The monoisotopic (exact) mass is 374 g/mol. The summed E-state index contributed by atoms with van der Waals surface area (Å²) in [6.07, 6.45) is 0. The molecular weight excluding hydrogens is 350 g/mol. The number of halogens is 1. The van der Waals surface area contributed by atoms with E-state index in [-0.39, 0.29) is 5.91 Å². The van der Waals surface area contributed by atoms with E-state index in [4.69, 9.17) is 16.3 Å². The summed E-state index contributed by atoms with van der Waals surface area (Å²) < 4.78 is 5.37. The molecule has 26 heavy (non-hydrogen) atoms. The Kier molecular flexibility index (Phi) is 5.69. The second-order valence-electron chi connectivity index (χ2n) is 6.72. The van der Waals surface area contributed by atoms with E-state index in [1.165, 1.54) is 4.90 Å². The lowest BCUT2D eigenvalue weighted by Crippen LogP contribution is -3.12. The van der Waals surface area contributed by atoms with Crippen molar-refractivity contribution in [2.45, 2.75) is 6.92 Å². The SMILES string of the molecule is COc1c(C)cccc1C(=O)Nc1ccc(N2CC[NH+](C)CC2)c(Cl)c1. The highest BCUT2D eigenvalue weighted by atomic mass is 35.5. The first-order chi connectivity index (χ1) is 12.5. The molecule has 1 aliphatic heterocycles. The number of hydrogen-bond donors (Lipinski definition) is 2. The van der Waals surface area contributed by atoms with Crippen molar-refractivity contribution in [3.8, 4) is 5.75 Å². The Morgan fingerprint density at radius 2 is 1.96 bits per heavy atom. The summed E-state index contributed by atoms with van der Waals surface area (Å²) in [5.41, 5.74) is 3.12. The normalized spacial score (nSPS) is 15.0. The number of benzene rings is 2. The molecule has 0 bridgehead atoms. The Labute approximate surface area is 159 Å². The van der Waals surface area contributed by atoms with Crippen LogP contribution >= 0.6 is 11.6 Å². The first kappa shape index (κ1) is 18.5. The summed E-state index contributed by atoms with van der Waals surface area (Å²) in [4.78, 5) is 16.5. The van der Waals surface area contributed by atoms with Crippen LogP contribution in [0.5, 0.6) is 5.75 Å². The molecule has 1 fully saturated rings. The fourth-order valence-corrected chi connectivity index (χ4v) is 3.57. The van der Waals surface area contributed by atoms with Gasteiger partial charge in [0.2, 0.25) is 0 Å². The number of quaternary nitrogens is 1. The van der Waals surface area contributed by atoms with Crippen LogP contribution in [0.1, 0.15) is 15.9 Å². The van der Waals surface area contributed by atoms with Crippen LogP contribution in [0.4, 0.5) is 11.4 Å². The molecule has 1 heterocycles. The van der Waals surface area contributed by atoms with Crippen LogP contribution in [0.3, 0.4) is 0 Å². The Balaban J connectivity index is 1.76. The molecule has 3 rings (SSSR count). The largest absolute Gasteiger partial charge is 0.496 e. The van der Waals surface area contributed by atoms with Crippen LogP contribution in [0.25, 0.3) is 0 Å². The molecule has 0 radical (unpaired) electrons. The van der Waals surface area contributed by atoms with Gasteiger partial charge >= 0.3 is 0 Å². The number of piperazine rings is 1. The van der Waals surface area contributed by atoms with Gasteiger partial charge in [0.25, 0.3) is 5.91 Å². The van der Waals surface area contributed by atoms with Gasteiger partial charge in [-0.3, -0.25) is 4.79 Å². The predicted octanol–water partition coefficient (Wildman–Crippen LogP) is 2.24. The number of rotatable bonds is 4. The molecule has 6 heteroatoms. The minimum atomic E-state index is -0.211. The smallest absolute Gasteiger partial charge is 0.259 e. The molecular formula is C20H25ClN3O2+. The number of para-hydroxylation sites is 1. The number of carbonyl (C=O) groups is 1. The lowest BCUT2D eigenvalue weighted by Gasteiger charge is -2.32. The number of aryl methyl sites for hydroxylation is 1. The van der Waals surface area contributed by atoms with Crippen LogP contribution in [-0.4, -0.2) is 46.2 Å². The van der Waals surface area contributed by atoms with Gasteiger partial charge in [-0.15, -0.1) is 0 Å². The maximum atomic E-state index is 12.6. The first-order valence-electron chi connectivity index (χ1n) is 8.80. The number of nitrogens with zero attached hydrogens (tertiary/aromatic N) is 1.